The van der Waals surface area contributed by atoms with Crippen molar-refractivity contribution in [1.82, 2.24) is 4.98 Å². The van der Waals surface area contributed by atoms with Gasteiger partial charge < -0.3 is 4.90 Å². The third kappa shape index (κ3) is 3.70. The minimum atomic E-state index is -1.22. The van der Waals surface area contributed by atoms with E-state index in [1.54, 1.807) is 16.2 Å². The van der Waals surface area contributed by atoms with Crippen LogP contribution in [0, 0.1) is 0 Å². The van der Waals surface area contributed by atoms with Gasteiger partial charge in [-0.3, -0.25) is 9.00 Å². The van der Waals surface area contributed by atoms with Crippen molar-refractivity contribution in [3.63, 3.8) is 0 Å². The lowest BCUT2D eigenvalue weighted by Crippen LogP contribution is -2.33. The summed E-state index contributed by atoms with van der Waals surface area (Å²) < 4.78 is 12.3. The number of amides is 1. The Morgan fingerprint density at radius 3 is 2.91 bits per heavy atom. The number of nitrogens with zero attached hydrogens (tertiary/aromatic N) is 2. The van der Waals surface area contributed by atoms with Crippen molar-refractivity contribution in [3.8, 4) is 0 Å². The summed E-state index contributed by atoms with van der Waals surface area (Å²) in [5, 5.41) is 3.00. The zero-order valence-corrected chi connectivity index (χ0v) is 15.0. The van der Waals surface area contributed by atoms with E-state index < -0.39 is 10.8 Å². The molecule has 4 nitrogen and oxygen atoms in total. The van der Waals surface area contributed by atoms with E-state index in [0.29, 0.717) is 18.2 Å². The van der Waals surface area contributed by atoms with Crippen molar-refractivity contribution in [2.24, 2.45) is 0 Å². The first-order valence-electron chi connectivity index (χ1n) is 7.72. The Labute approximate surface area is 143 Å². The topological polar surface area (TPSA) is 50.3 Å². The smallest absolute Gasteiger partial charge is 0.239 e. The Balaban J connectivity index is 1.61. The molecule has 1 amide bonds. The second-order valence-electron chi connectivity index (χ2n) is 5.98. The van der Waals surface area contributed by atoms with Crippen LogP contribution in [0.25, 0.3) is 0 Å². The number of aromatic nitrogens is 1. The van der Waals surface area contributed by atoms with Crippen molar-refractivity contribution >= 4 is 33.7 Å². The summed E-state index contributed by atoms with van der Waals surface area (Å²) in [6.07, 6.45) is 0.873. The van der Waals surface area contributed by atoms with E-state index in [0.717, 1.165) is 22.8 Å². The van der Waals surface area contributed by atoms with Gasteiger partial charge >= 0.3 is 0 Å². The van der Waals surface area contributed by atoms with Crippen LogP contribution in [0.3, 0.4) is 0 Å². The van der Waals surface area contributed by atoms with Crippen LogP contribution in [0.2, 0.25) is 0 Å². The van der Waals surface area contributed by atoms with Gasteiger partial charge in [0.15, 0.2) is 0 Å². The molecule has 1 aromatic heterocycles. The van der Waals surface area contributed by atoms with Crippen LogP contribution in [0.1, 0.15) is 36.0 Å². The molecule has 3 rings (SSSR count). The molecule has 0 unspecified atom stereocenters. The second-order valence-corrected chi connectivity index (χ2v) is 8.33. The Bertz CT molecular complexity index is 740. The maximum Gasteiger partial charge on any atom is 0.239 e. The molecule has 0 saturated heterocycles. The van der Waals surface area contributed by atoms with E-state index in [1.807, 2.05) is 29.6 Å². The number of para-hydroxylation sites is 1. The molecule has 122 valence electrons. The maximum absolute atomic E-state index is 12.4. The summed E-state index contributed by atoms with van der Waals surface area (Å²) in [4.78, 5) is 18.7. The zero-order valence-electron chi connectivity index (χ0n) is 13.3. The van der Waals surface area contributed by atoms with Gasteiger partial charge in [0.2, 0.25) is 5.91 Å². The van der Waals surface area contributed by atoms with Crippen molar-refractivity contribution in [2.45, 2.75) is 31.9 Å². The molecule has 1 atom stereocenters. The number of anilines is 1. The maximum atomic E-state index is 12.4. The van der Waals surface area contributed by atoms with Gasteiger partial charge in [-0.1, -0.05) is 32.0 Å². The van der Waals surface area contributed by atoms with Gasteiger partial charge in [-0.25, -0.2) is 4.98 Å². The van der Waals surface area contributed by atoms with E-state index >= 15 is 0 Å². The molecule has 6 heteroatoms. The van der Waals surface area contributed by atoms with Gasteiger partial charge in [0.25, 0.3) is 0 Å². The number of hydrogen-bond donors (Lipinski definition) is 0. The molecule has 0 saturated carbocycles. The molecule has 0 spiro atoms. The quantitative estimate of drug-likeness (QED) is 0.834. The number of carbonyl (C=O) groups excluding carboxylic acids is 1. The highest BCUT2D eigenvalue weighted by Gasteiger charge is 2.25. The molecular formula is C17H20N2O2S2. The van der Waals surface area contributed by atoms with Gasteiger partial charge in [-0.2, -0.15) is 0 Å². The minimum absolute atomic E-state index is 0.0584. The highest BCUT2D eigenvalue weighted by Crippen LogP contribution is 2.27. The molecule has 0 N–H and O–H groups in total. The first-order valence-corrected chi connectivity index (χ1v) is 10.1. The highest BCUT2D eigenvalue weighted by atomic mass is 32.2. The molecular weight excluding hydrogens is 328 g/mol. The summed E-state index contributed by atoms with van der Waals surface area (Å²) in [6, 6.07) is 7.92. The third-order valence-electron chi connectivity index (χ3n) is 3.84. The molecule has 2 heterocycles. The van der Waals surface area contributed by atoms with Gasteiger partial charge in [0.1, 0.15) is 5.75 Å². The largest absolute Gasteiger partial charge is 0.311 e. The molecule has 1 aromatic carbocycles. The standard InChI is InChI=1S/C17H20N2O2S2/c1-12(2)17-18-14(9-22-17)10-23(21)11-16(20)19-8-7-13-5-3-4-6-15(13)19/h3-6,9,12H,7-8,10-11H2,1-2H3/t23-/m1/s1. The first-order chi connectivity index (χ1) is 11.0. The van der Waals surface area contributed by atoms with Crippen molar-refractivity contribution in [1.29, 1.82) is 0 Å². The van der Waals surface area contributed by atoms with Crippen LogP contribution in [-0.4, -0.2) is 27.4 Å². The summed E-state index contributed by atoms with van der Waals surface area (Å²) in [6.45, 7) is 4.87. The molecule has 0 fully saturated rings. The molecule has 0 radical (unpaired) electrons. The van der Waals surface area contributed by atoms with Crippen LogP contribution < -0.4 is 4.90 Å². The number of thiazole rings is 1. The Morgan fingerprint density at radius 1 is 1.39 bits per heavy atom. The number of hydrogen-bond acceptors (Lipinski definition) is 4. The van der Waals surface area contributed by atoms with Crippen LogP contribution in [-0.2, 0) is 27.8 Å². The lowest BCUT2D eigenvalue weighted by Gasteiger charge is -2.16. The van der Waals surface area contributed by atoms with Gasteiger partial charge in [0.05, 0.1) is 16.5 Å². The van der Waals surface area contributed by atoms with Crippen LogP contribution in [0.4, 0.5) is 5.69 Å². The summed E-state index contributed by atoms with van der Waals surface area (Å²) in [7, 11) is -1.22. The molecule has 0 aliphatic carbocycles. The monoisotopic (exact) mass is 348 g/mol. The lowest BCUT2D eigenvalue weighted by molar-refractivity contribution is -0.116. The minimum Gasteiger partial charge on any atom is -0.311 e. The van der Waals surface area contributed by atoms with Gasteiger partial charge in [-0.05, 0) is 18.1 Å². The Hall–Kier alpha value is -1.53. The molecule has 1 aliphatic rings. The first kappa shape index (κ1) is 16.3. The second kappa shape index (κ2) is 6.93. The van der Waals surface area contributed by atoms with Crippen LogP contribution in [0.15, 0.2) is 29.6 Å². The number of carbonyl (C=O) groups is 1. The number of rotatable bonds is 5. The van der Waals surface area contributed by atoms with Crippen molar-refractivity contribution in [3.05, 3.63) is 45.9 Å². The number of benzene rings is 1. The molecule has 0 bridgehead atoms. The van der Waals surface area contributed by atoms with E-state index in [1.165, 1.54) is 5.56 Å². The Kier molecular flexibility index (Phi) is 4.92. The fraction of sp³-hybridized carbons (Fsp3) is 0.412. The number of fused-ring (bicyclic) bond motifs is 1. The van der Waals surface area contributed by atoms with E-state index in [-0.39, 0.29) is 11.7 Å². The van der Waals surface area contributed by atoms with Crippen molar-refractivity contribution < 1.29 is 9.00 Å². The fourth-order valence-electron chi connectivity index (χ4n) is 2.68. The van der Waals surface area contributed by atoms with Crippen molar-refractivity contribution in [2.75, 3.05) is 17.2 Å². The molecule has 1 aliphatic heterocycles. The summed E-state index contributed by atoms with van der Waals surface area (Å²) >= 11 is 1.59. The predicted molar refractivity (Wildman–Crippen MR) is 95.4 cm³/mol. The molecule has 2 aromatic rings. The van der Waals surface area contributed by atoms with Crippen LogP contribution >= 0.6 is 11.3 Å². The lowest BCUT2D eigenvalue weighted by atomic mass is 10.2. The summed E-state index contributed by atoms with van der Waals surface area (Å²) in [5.74, 6) is 0.727. The Morgan fingerprint density at radius 2 is 2.17 bits per heavy atom. The third-order valence-corrected chi connectivity index (χ3v) is 6.23. The molecule has 23 heavy (non-hydrogen) atoms. The van der Waals surface area contributed by atoms with E-state index in [9.17, 15) is 9.00 Å². The predicted octanol–water partition coefficient (Wildman–Crippen LogP) is 3.10. The highest BCUT2D eigenvalue weighted by molar-refractivity contribution is 7.85. The SMILES string of the molecule is CC(C)c1nc(C[S@@](=O)CC(=O)N2CCc3ccccc32)cs1. The van der Waals surface area contributed by atoms with Crippen LogP contribution in [0.5, 0.6) is 0 Å². The normalized spacial score (nSPS) is 15.0. The average molecular weight is 348 g/mol. The van der Waals surface area contributed by atoms with E-state index in [4.69, 9.17) is 0 Å². The average Bonchev–Trinajstić information content (AvgIpc) is 3.13. The zero-order chi connectivity index (χ0) is 16.4. The van der Waals surface area contributed by atoms with Gasteiger partial charge in [-0.15, -0.1) is 11.3 Å². The fourth-order valence-corrected chi connectivity index (χ4v) is 4.63. The van der Waals surface area contributed by atoms with E-state index in [2.05, 4.69) is 18.8 Å². The summed E-state index contributed by atoms with van der Waals surface area (Å²) in [5.41, 5.74) is 2.98. The van der Waals surface area contributed by atoms with Gasteiger partial charge in [0, 0.05) is 34.3 Å².